The maximum Gasteiger partial charge on any atom is 0.316 e. The van der Waals surface area contributed by atoms with Crippen molar-refractivity contribution in [3.05, 3.63) is 36.4 Å². The first kappa shape index (κ1) is 12.4. The number of nitrogens with zero attached hydrogens (tertiary/aromatic N) is 2. The monoisotopic (exact) mass is 272 g/mol. The molecule has 0 saturated heterocycles. The molecule has 0 atom stereocenters. The summed E-state index contributed by atoms with van der Waals surface area (Å²) in [5.74, 6) is -0.273. The zero-order valence-electron chi connectivity index (χ0n) is 10.5. The van der Waals surface area contributed by atoms with E-state index >= 15 is 0 Å². The van der Waals surface area contributed by atoms with Crippen LogP contribution in [0.1, 0.15) is 10.7 Å². The van der Waals surface area contributed by atoms with Gasteiger partial charge in [0.1, 0.15) is 0 Å². The standard InChI is InChI=1S/C13H12N4O3/c18-6-5-15-12(19)13-16-11(17-20-13)9-1-2-10-8(7-9)3-4-14-10/h1-4,7,14,18H,5-6H2,(H,15,19). The molecule has 0 aliphatic heterocycles. The van der Waals surface area contributed by atoms with E-state index in [2.05, 4.69) is 20.4 Å². The summed E-state index contributed by atoms with van der Waals surface area (Å²) in [6, 6.07) is 7.60. The number of hydrogen-bond donors (Lipinski definition) is 3. The van der Waals surface area contributed by atoms with Crippen molar-refractivity contribution in [1.82, 2.24) is 20.4 Å². The lowest BCUT2D eigenvalue weighted by Crippen LogP contribution is -2.26. The number of fused-ring (bicyclic) bond motifs is 1. The summed E-state index contributed by atoms with van der Waals surface area (Å²) in [6.45, 7) is 0.00273. The van der Waals surface area contributed by atoms with E-state index < -0.39 is 5.91 Å². The summed E-state index contributed by atoms with van der Waals surface area (Å²) in [5.41, 5.74) is 1.78. The Bertz CT molecular complexity index is 747. The van der Waals surface area contributed by atoms with Crippen molar-refractivity contribution < 1.29 is 14.4 Å². The molecule has 3 rings (SSSR count). The molecule has 102 valence electrons. The summed E-state index contributed by atoms with van der Waals surface area (Å²) in [7, 11) is 0. The molecule has 3 N–H and O–H groups in total. The Morgan fingerprint density at radius 2 is 2.30 bits per heavy atom. The quantitative estimate of drug-likeness (QED) is 0.655. The van der Waals surface area contributed by atoms with Gasteiger partial charge in [0.05, 0.1) is 6.61 Å². The van der Waals surface area contributed by atoms with Crippen LogP contribution < -0.4 is 5.32 Å². The second-order valence-electron chi connectivity index (χ2n) is 4.18. The fraction of sp³-hybridized carbons (Fsp3) is 0.154. The van der Waals surface area contributed by atoms with Gasteiger partial charge >= 0.3 is 11.8 Å². The van der Waals surface area contributed by atoms with Crippen LogP contribution in [0.5, 0.6) is 0 Å². The molecule has 2 aromatic heterocycles. The van der Waals surface area contributed by atoms with Gasteiger partial charge in [-0.2, -0.15) is 4.98 Å². The molecule has 7 nitrogen and oxygen atoms in total. The van der Waals surface area contributed by atoms with Gasteiger partial charge in [-0.15, -0.1) is 0 Å². The van der Waals surface area contributed by atoms with Crippen molar-refractivity contribution in [3.8, 4) is 11.4 Å². The van der Waals surface area contributed by atoms with Gasteiger partial charge in [-0.3, -0.25) is 4.79 Å². The molecule has 1 aromatic carbocycles. The van der Waals surface area contributed by atoms with Crippen LogP contribution in [-0.2, 0) is 0 Å². The van der Waals surface area contributed by atoms with Crippen LogP contribution in [0.3, 0.4) is 0 Å². The molecule has 0 bridgehead atoms. The van der Waals surface area contributed by atoms with E-state index in [0.29, 0.717) is 5.82 Å². The highest BCUT2D eigenvalue weighted by molar-refractivity contribution is 5.90. The Balaban J connectivity index is 1.87. The SMILES string of the molecule is O=C(NCCO)c1nc(-c2ccc3[nH]ccc3c2)no1. The highest BCUT2D eigenvalue weighted by Crippen LogP contribution is 2.21. The van der Waals surface area contributed by atoms with Crippen molar-refractivity contribution in [3.63, 3.8) is 0 Å². The second kappa shape index (κ2) is 5.14. The first-order valence-corrected chi connectivity index (χ1v) is 6.08. The van der Waals surface area contributed by atoms with Crippen LogP contribution in [0.4, 0.5) is 0 Å². The summed E-state index contributed by atoms with van der Waals surface area (Å²) in [5, 5.41) is 15.9. The molecule has 0 aliphatic rings. The van der Waals surface area contributed by atoms with Crippen LogP contribution >= 0.6 is 0 Å². The molecule has 7 heteroatoms. The maximum atomic E-state index is 11.6. The molecule has 3 aromatic rings. The predicted molar refractivity (Wildman–Crippen MR) is 71.0 cm³/mol. The number of benzene rings is 1. The number of amides is 1. The molecular formula is C13H12N4O3. The van der Waals surface area contributed by atoms with Crippen LogP contribution in [-0.4, -0.2) is 39.3 Å². The number of rotatable bonds is 4. The number of carbonyl (C=O) groups excluding carboxylic acids is 1. The van der Waals surface area contributed by atoms with Crippen molar-refractivity contribution in [1.29, 1.82) is 0 Å². The highest BCUT2D eigenvalue weighted by atomic mass is 16.5. The van der Waals surface area contributed by atoms with Crippen LogP contribution in [0.2, 0.25) is 0 Å². The molecule has 0 fully saturated rings. The Hall–Kier alpha value is -2.67. The fourth-order valence-corrected chi connectivity index (χ4v) is 1.87. The van der Waals surface area contributed by atoms with Crippen molar-refractivity contribution in [2.45, 2.75) is 0 Å². The highest BCUT2D eigenvalue weighted by Gasteiger charge is 2.15. The van der Waals surface area contributed by atoms with Gasteiger partial charge in [0.15, 0.2) is 0 Å². The number of carbonyl (C=O) groups is 1. The summed E-state index contributed by atoms with van der Waals surface area (Å²) in [4.78, 5) is 18.7. The third-order valence-electron chi connectivity index (χ3n) is 2.83. The average Bonchev–Trinajstić information content (AvgIpc) is 3.12. The molecular weight excluding hydrogens is 260 g/mol. The van der Waals surface area contributed by atoms with Gasteiger partial charge in [-0.1, -0.05) is 5.16 Å². The van der Waals surface area contributed by atoms with Crippen LogP contribution in [0, 0.1) is 0 Å². The zero-order valence-corrected chi connectivity index (χ0v) is 10.5. The third kappa shape index (κ3) is 2.26. The number of hydrogen-bond acceptors (Lipinski definition) is 5. The minimum Gasteiger partial charge on any atom is -0.395 e. The van der Waals surface area contributed by atoms with E-state index in [1.54, 1.807) is 0 Å². The number of aromatic nitrogens is 3. The van der Waals surface area contributed by atoms with E-state index in [0.717, 1.165) is 16.5 Å². The molecule has 20 heavy (non-hydrogen) atoms. The maximum absolute atomic E-state index is 11.6. The van der Waals surface area contributed by atoms with Crippen LogP contribution in [0.25, 0.3) is 22.3 Å². The smallest absolute Gasteiger partial charge is 0.316 e. The Kier molecular flexibility index (Phi) is 3.18. The van der Waals surface area contributed by atoms with Gasteiger partial charge in [-0.05, 0) is 24.3 Å². The van der Waals surface area contributed by atoms with E-state index in [1.807, 2.05) is 30.5 Å². The molecule has 1 amide bonds. The first-order valence-electron chi connectivity index (χ1n) is 6.08. The lowest BCUT2D eigenvalue weighted by atomic mass is 10.1. The summed E-state index contributed by atoms with van der Waals surface area (Å²) >= 11 is 0. The number of nitrogens with one attached hydrogen (secondary N) is 2. The lowest BCUT2D eigenvalue weighted by Gasteiger charge is -1.96. The molecule has 0 aliphatic carbocycles. The van der Waals surface area contributed by atoms with Gasteiger partial charge in [0.2, 0.25) is 5.82 Å². The molecule has 0 saturated carbocycles. The second-order valence-corrected chi connectivity index (χ2v) is 4.18. The number of H-pyrrole nitrogens is 1. The van der Waals surface area contributed by atoms with Gasteiger partial charge in [0.25, 0.3) is 0 Å². The van der Waals surface area contributed by atoms with Crippen molar-refractivity contribution in [2.75, 3.05) is 13.2 Å². The third-order valence-corrected chi connectivity index (χ3v) is 2.83. The van der Waals surface area contributed by atoms with E-state index in [1.165, 1.54) is 0 Å². The fourth-order valence-electron chi connectivity index (χ4n) is 1.87. The number of aromatic amines is 1. The topological polar surface area (TPSA) is 104 Å². The number of aliphatic hydroxyl groups is 1. The largest absolute Gasteiger partial charge is 0.395 e. The minimum atomic E-state index is -0.500. The summed E-state index contributed by atoms with van der Waals surface area (Å²) < 4.78 is 4.91. The van der Waals surface area contributed by atoms with Crippen molar-refractivity contribution in [2.24, 2.45) is 0 Å². The van der Waals surface area contributed by atoms with E-state index in [-0.39, 0.29) is 19.0 Å². The van der Waals surface area contributed by atoms with E-state index in [9.17, 15) is 4.79 Å². The average molecular weight is 272 g/mol. The first-order chi connectivity index (χ1) is 9.78. The Morgan fingerprint density at radius 1 is 1.40 bits per heavy atom. The summed E-state index contributed by atoms with van der Waals surface area (Å²) in [6.07, 6.45) is 1.85. The minimum absolute atomic E-state index is 0.123. The van der Waals surface area contributed by atoms with E-state index in [4.69, 9.17) is 9.63 Å². The zero-order chi connectivity index (χ0) is 13.9. The normalized spacial score (nSPS) is 10.8. The van der Waals surface area contributed by atoms with Crippen molar-refractivity contribution >= 4 is 16.8 Å². The molecule has 0 spiro atoms. The molecule has 0 unspecified atom stereocenters. The predicted octanol–water partition coefficient (Wildman–Crippen LogP) is 0.940. The van der Waals surface area contributed by atoms with Gasteiger partial charge in [-0.25, -0.2) is 0 Å². The van der Waals surface area contributed by atoms with Crippen LogP contribution in [0.15, 0.2) is 35.0 Å². The molecule has 0 radical (unpaired) electrons. The number of aliphatic hydroxyl groups excluding tert-OH is 1. The van der Waals surface area contributed by atoms with Gasteiger partial charge in [0, 0.05) is 29.2 Å². The Labute approximate surface area is 113 Å². The van der Waals surface area contributed by atoms with Gasteiger partial charge < -0.3 is 19.9 Å². The molecule has 2 heterocycles. The Morgan fingerprint density at radius 3 is 3.15 bits per heavy atom. The lowest BCUT2D eigenvalue weighted by molar-refractivity contribution is 0.0901.